The van der Waals surface area contributed by atoms with Crippen LogP contribution in [0.5, 0.6) is 0 Å². The van der Waals surface area contributed by atoms with Gasteiger partial charge in [0.2, 0.25) is 0 Å². The summed E-state index contributed by atoms with van der Waals surface area (Å²) < 4.78 is 1.41. The number of carboxylic acids is 1. The van der Waals surface area contributed by atoms with Crippen molar-refractivity contribution in [2.45, 2.75) is 13.3 Å². The fourth-order valence-electron chi connectivity index (χ4n) is 1.11. The van der Waals surface area contributed by atoms with Crippen LogP contribution in [0.15, 0.2) is 6.20 Å². The quantitative estimate of drug-likeness (QED) is 0.680. The molecule has 0 aliphatic heterocycles. The van der Waals surface area contributed by atoms with E-state index < -0.39 is 5.97 Å². The summed E-state index contributed by atoms with van der Waals surface area (Å²) in [6.45, 7) is 1.39. The second-order valence-electron chi connectivity index (χ2n) is 2.76. The van der Waals surface area contributed by atoms with Gasteiger partial charge in [0, 0.05) is 7.05 Å². The number of rotatable bonds is 3. The third kappa shape index (κ3) is 1.93. The molecule has 0 unspecified atom stereocenters. The van der Waals surface area contributed by atoms with Gasteiger partial charge in [0.25, 0.3) is 0 Å². The molecule has 0 bridgehead atoms. The number of aromatic nitrogens is 2. The smallest absolute Gasteiger partial charge is 0.309 e. The molecule has 70 valence electrons. The number of aliphatic carboxylic acids is 1. The van der Waals surface area contributed by atoms with Crippen LogP contribution >= 0.6 is 0 Å². The van der Waals surface area contributed by atoms with Crippen molar-refractivity contribution in [3.8, 4) is 0 Å². The summed E-state index contributed by atoms with van der Waals surface area (Å²) in [5.74, 6) is -1.13. The van der Waals surface area contributed by atoms with E-state index in [1.54, 1.807) is 7.05 Å². The summed E-state index contributed by atoms with van der Waals surface area (Å²) in [7, 11) is 1.62. The first-order chi connectivity index (χ1) is 6.02. The van der Waals surface area contributed by atoms with Gasteiger partial charge >= 0.3 is 5.97 Å². The Labute approximate surface area is 75.0 Å². The maximum absolute atomic E-state index is 11.0. The summed E-state index contributed by atoms with van der Waals surface area (Å²) in [5.41, 5.74) is 0.824. The molecule has 5 heteroatoms. The Morgan fingerprint density at radius 3 is 2.69 bits per heavy atom. The molecule has 0 saturated carbocycles. The number of ketones is 1. The molecule has 0 aliphatic carbocycles. The molecule has 0 amide bonds. The van der Waals surface area contributed by atoms with Crippen LogP contribution in [0.2, 0.25) is 0 Å². The molecule has 0 aromatic carbocycles. The van der Waals surface area contributed by atoms with Crippen LogP contribution in [0.1, 0.15) is 23.0 Å². The van der Waals surface area contributed by atoms with Gasteiger partial charge in [-0.05, 0) is 6.92 Å². The molecule has 0 spiro atoms. The number of nitrogens with zero attached hydrogens (tertiary/aromatic N) is 2. The highest BCUT2D eigenvalue weighted by Crippen LogP contribution is 2.08. The van der Waals surface area contributed by atoms with E-state index in [1.165, 1.54) is 17.8 Å². The van der Waals surface area contributed by atoms with E-state index in [9.17, 15) is 9.59 Å². The minimum Gasteiger partial charge on any atom is -0.481 e. The molecule has 1 rings (SSSR count). The van der Waals surface area contributed by atoms with Gasteiger partial charge < -0.3 is 5.11 Å². The first-order valence-corrected chi connectivity index (χ1v) is 3.76. The molecular formula is C8H10N2O3. The SMILES string of the molecule is CC(=O)c1cnn(C)c1CC(=O)O. The normalized spacial score (nSPS) is 10.0. The molecule has 1 N–H and O–H groups in total. The van der Waals surface area contributed by atoms with Gasteiger partial charge in [0.05, 0.1) is 23.9 Å². The Morgan fingerprint density at radius 1 is 1.62 bits per heavy atom. The third-order valence-corrected chi connectivity index (χ3v) is 1.76. The zero-order chi connectivity index (χ0) is 10.0. The summed E-state index contributed by atoms with van der Waals surface area (Å²) in [6, 6.07) is 0. The zero-order valence-corrected chi connectivity index (χ0v) is 7.44. The Bertz CT molecular complexity index is 354. The largest absolute Gasteiger partial charge is 0.481 e. The molecule has 0 saturated heterocycles. The lowest BCUT2D eigenvalue weighted by Gasteiger charge is -1.99. The van der Waals surface area contributed by atoms with Gasteiger partial charge in [-0.15, -0.1) is 0 Å². The van der Waals surface area contributed by atoms with Crippen LogP contribution in [0, 0.1) is 0 Å². The molecule has 13 heavy (non-hydrogen) atoms. The lowest BCUT2D eigenvalue weighted by atomic mass is 10.1. The average Bonchev–Trinajstić information content (AvgIpc) is 2.32. The molecule has 0 atom stereocenters. The highest BCUT2D eigenvalue weighted by Gasteiger charge is 2.14. The van der Waals surface area contributed by atoms with Gasteiger partial charge in [-0.3, -0.25) is 14.3 Å². The van der Waals surface area contributed by atoms with Crippen molar-refractivity contribution < 1.29 is 14.7 Å². The van der Waals surface area contributed by atoms with Crippen LogP contribution in [-0.4, -0.2) is 26.6 Å². The minimum atomic E-state index is -0.967. The van der Waals surface area contributed by atoms with E-state index >= 15 is 0 Å². The van der Waals surface area contributed by atoms with Gasteiger partial charge in [-0.2, -0.15) is 5.10 Å². The number of Topliss-reactive ketones (excluding diaryl/α,β-unsaturated/α-hetero) is 1. The number of carbonyl (C=O) groups is 2. The zero-order valence-electron chi connectivity index (χ0n) is 7.44. The Kier molecular flexibility index (Phi) is 2.46. The van der Waals surface area contributed by atoms with E-state index in [0.717, 1.165) is 0 Å². The number of hydrogen-bond donors (Lipinski definition) is 1. The maximum Gasteiger partial charge on any atom is 0.309 e. The van der Waals surface area contributed by atoms with Crippen molar-refractivity contribution in [3.63, 3.8) is 0 Å². The monoisotopic (exact) mass is 182 g/mol. The first-order valence-electron chi connectivity index (χ1n) is 3.76. The van der Waals surface area contributed by atoms with Gasteiger partial charge in [0.1, 0.15) is 0 Å². The third-order valence-electron chi connectivity index (χ3n) is 1.76. The topological polar surface area (TPSA) is 72.2 Å². The van der Waals surface area contributed by atoms with Crippen LogP contribution in [0.4, 0.5) is 0 Å². The van der Waals surface area contributed by atoms with Crippen molar-refractivity contribution in [2.75, 3.05) is 0 Å². The Hall–Kier alpha value is -1.65. The minimum absolute atomic E-state index is 0.163. The summed E-state index contributed by atoms with van der Waals surface area (Å²) in [6.07, 6.45) is 1.21. The van der Waals surface area contributed by atoms with E-state index in [1.807, 2.05) is 0 Å². The number of carboxylic acid groups (broad SMARTS) is 1. The molecule has 1 heterocycles. The van der Waals surface area contributed by atoms with Crippen molar-refractivity contribution in [1.29, 1.82) is 0 Å². The fourth-order valence-corrected chi connectivity index (χ4v) is 1.11. The number of aryl methyl sites for hydroxylation is 1. The van der Waals surface area contributed by atoms with Crippen LogP contribution < -0.4 is 0 Å². The Morgan fingerprint density at radius 2 is 2.23 bits per heavy atom. The molecule has 1 aromatic heterocycles. The lowest BCUT2D eigenvalue weighted by molar-refractivity contribution is -0.136. The van der Waals surface area contributed by atoms with Gasteiger partial charge in [-0.25, -0.2) is 0 Å². The number of hydrogen-bond acceptors (Lipinski definition) is 3. The standard InChI is InChI=1S/C8H10N2O3/c1-5(11)6-4-9-10(2)7(6)3-8(12)13/h4H,3H2,1-2H3,(H,12,13). The van der Waals surface area contributed by atoms with Crippen molar-refractivity contribution in [2.24, 2.45) is 7.05 Å². The Balaban J connectivity index is 3.08. The van der Waals surface area contributed by atoms with Crippen molar-refractivity contribution in [1.82, 2.24) is 9.78 Å². The highest BCUT2D eigenvalue weighted by molar-refractivity contribution is 5.95. The first kappa shape index (κ1) is 9.44. The molecule has 5 nitrogen and oxygen atoms in total. The highest BCUT2D eigenvalue weighted by atomic mass is 16.4. The summed E-state index contributed by atoms with van der Waals surface area (Å²) >= 11 is 0. The van der Waals surface area contributed by atoms with E-state index in [4.69, 9.17) is 5.11 Å². The summed E-state index contributed by atoms with van der Waals surface area (Å²) in [4.78, 5) is 21.5. The van der Waals surface area contributed by atoms with Crippen LogP contribution in [-0.2, 0) is 18.3 Å². The molecule has 1 aromatic rings. The second kappa shape index (κ2) is 3.38. The van der Waals surface area contributed by atoms with E-state index in [0.29, 0.717) is 11.3 Å². The summed E-state index contributed by atoms with van der Waals surface area (Å²) in [5, 5.41) is 12.4. The number of carbonyl (C=O) groups excluding carboxylic acids is 1. The molecule has 0 fully saturated rings. The van der Waals surface area contributed by atoms with E-state index in [-0.39, 0.29) is 12.2 Å². The predicted octanol–water partition coefficient (Wildman–Crippen LogP) is 0.250. The van der Waals surface area contributed by atoms with Gasteiger partial charge in [-0.1, -0.05) is 0 Å². The lowest BCUT2D eigenvalue weighted by Crippen LogP contribution is -2.09. The van der Waals surface area contributed by atoms with E-state index in [2.05, 4.69) is 5.10 Å². The molecule has 0 radical (unpaired) electrons. The second-order valence-corrected chi connectivity index (χ2v) is 2.76. The van der Waals surface area contributed by atoms with Crippen molar-refractivity contribution in [3.05, 3.63) is 17.5 Å². The fraction of sp³-hybridized carbons (Fsp3) is 0.375. The molecular weight excluding hydrogens is 172 g/mol. The molecule has 0 aliphatic rings. The maximum atomic E-state index is 11.0. The average molecular weight is 182 g/mol. The van der Waals surface area contributed by atoms with Crippen LogP contribution in [0.25, 0.3) is 0 Å². The van der Waals surface area contributed by atoms with Gasteiger partial charge in [0.15, 0.2) is 5.78 Å². The van der Waals surface area contributed by atoms with Crippen LogP contribution in [0.3, 0.4) is 0 Å². The van der Waals surface area contributed by atoms with Crippen molar-refractivity contribution >= 4 is 11.8 Å². The predicted molar refractivity (Wildman–Crippen MR) is 44.6 cm³/mol.